The Kier molecular flexibility index (Phi) is 7.56. The highest BCUT2D eigenvalue weighted by Crippen LogP contribution is 2.26. The normalized spacial score (nSPS) is 10.7. The summed E-state index contributed by atoms with van der Waals surface area (Å²) in [5.74, 6) is 0.564. The average Bonchev–Trinajstić information content (AvgIpc) is 2.45. The molecule has 1 aromatic rings. The summed E-state index contributed by atoms with van der Waals surface area (Å²) in [6.45, 7) is 2.41. The van der Waals surface area contributed by atoms with Gasteiger partial charge < -0.3 is 25.4 Å². The van der Waals surface area contributed by atoms with Gasteiger partial charge >= 0.3 is 0 Å². The minimum absolute atomic E-state index is 0.0426. The van der Waals surface area contributed by atoms with Crippen molar-refractivity contribution in [3.8, 4) is 5.75 Å². The molecule has 0 unspecified atom stereocenters. The van der Waals surface area contributed by atoms with E-state index < -0.39 is 0 Å². The SMILES string of the molecule is COCCN(C)CCCC(=O)Nc1cc(N)ccc1OC. The van der Waals surface area contributed by atoms with Crippen LogP contribution in [0.15, 0.2) is 18.2 Å². The van der Waals surface area contributed by atoms with Crippen LogP contribution >= 0.6 is 0 Å². The maximum absolute atomic E-state index is 11.9. The van der Waals surface area contributed by atoms with E-state index >= 15 is 0 Å². The number of likely N-dealkylation sites (N-methyl/N-ethyl adjacent to an activating group) is 1. The summed E-state index contributed by atoms with van der Waals surface area (Å²) in [6, 6.07) is 5.17. The number of nitrogens with two attached hydrogens (primary N) is 1. The van der Waals surface area contributed by atoms with Crippen LogP contribution in [0.4, 0.5) is 11.4 Å². The van der Waals surface area contributed by atoms with Crippen molar-refractivity contribution in [3.63, 3.8) is 0 Å². The third-order valence-corrected chi connectivity index (χ3v) is 3.12. The molecule has 118 valence electrons. The molecule has 0 saturated carbocycles. The Balaban J connectivity index is 2.38. The maximum atomic E-state index is 11.9. The third-order valence-electron chi connectivity index (χ3n) is 3.12. The first-order chi connectivity index (χ1) is 10.1. The molecule has 6 heteroatoms. The third kappa shape index (κ3) is 6.46. The van der Waals surface area contributed by atoms with Crippen LogP contribution in [0.1, 0.15) is 12.8 Å². The highest BCUT2D eigenvalue weighted by molar-refractivity contribution is 5.92. The number of hydrogen-bond donors (Lipinski definition) is 2. The molecule has 1 amide bonds. The number of nitrogens with one attached hydrogen (secondary N) is 1. The van der Waals surface area contributed by atoms with Gasteiger partial charge in [-0.25, -0.2) is 0 Å². The fraction of sp³-hybridized carbons (Fsp3) is 0.533. The van der Waals surface area contributed by atoms with Gasteiger partial charge in [0, 0.05) is 25.8 Å². The molecule has 0 aromatic heterocycles. The average molecular weight is 295 g/mol. The Hall–Kier alpha value is -1.79. The number of carbonyl (C=O) groups is 1. The number of nitrogens with zero attached hydrogens (tertiary/aromatic N) is 1. The number of carbonyl (C=O) groups excluding carboxylic acids is 1. The van der Waals surface area contributed by atoms with E-state index in [9.17, 15) is 4.79 Å². The van der Waals surface area contributed by atoms with Crippen molar-refractivity contribution in [1.29, 1.82) is 0 Å². The second-order valence-electron chi connectivity index (χ2n) is 4.91. The van der Waals surface area contributed by atoms with E-state index in [1.165, 1.54) is 0 Å². The lowest BCUT2D eigenvalue weighted by molar-refractivity contribution is -0.116. The molecule has 6 nitrogen and oxygen atoms in total. The Bertz CT molecular complexity index is 452. The number of anilines is 2. The van der Waals surface area contributed by atoms with Crippen LogP contribution in [-0.2, 0) is 9.53 Å². The number of methoxy groups -OCH3 is 2. The molecule has 0 aliphatic rings. The first kappa shape index (κ1) is 17.3. The highest BCUT2D eigenvalue weighted by Gasteiger charge is 2.08. The molecule has 21 heavy (non-hydrogen) atoms. The Morgan fingerprint density at radius 1 is 1.33 bits per heavy atom. The number of rotatable bonds is 9. The second-order valence-corrected chi connectivity index (χ2v) is 4.91. The first-order valence-electron chi connectivity index (χ1n) is 6.97. The van der Waals surface area contributed by atoms with Crippen molar-refractivity contribution >= 4 is 17.3 Å². The summed E-state index contributed by atoms with van der Waals surface area (Å²) in [5, 5.41) is 2.83. The Morgan fingerprint density at radius 3 is 2.76 bits per heavy atom. The lowest BCUT2D eigenvalue weighted by Gasteiger charge is -2.15. The smallest absolute Gasteiger partial charge is 0.224 e. The van der Waals surface area contributed by atoms with Crippen molar-refractivity contribution in [2.75, 3.05) is 52.0 Å². The summed E-state index contributed by atoms with van der Waals surface area (Å²) in [6.07, 6.45) is 1.24. The molecule has 0 radical (unpaired) electrons. The summed E-state index contributed by atoms with van der Waals surface area (Å²) in [7, 11) is 5.25. The van der Waals surface area contributed by atoms with E-state index in [2.05, 4.69) is 10.2 Å². The molecule has 0 spiro atoms. The van der Waals surface area contributed by atoms with Gasteiger partial charge in [-0.15, -0.1) is 0 Å². The molecule has 3 N–H and O–H groups in total. The van der Waals surface area contributed by atoms with Crippen molar-refractivity contribution in [2.45, 2.75) is 12.8 Å². The number of benzene rings is 1. The lowest BCUT2D eigenvalue weighted by Crippen LogP contribution is -2.25. The van der Waals surface area contributed by atoms with Crippen LogP contribution in [-0.4, -0.2) is 51.8 Å². The Morgan fingerprint density at radius 2 is 2.10 bits per heavy atom. The highest BCUT2D eigenvalue weighted by atomic mass is 16.5. The number of ether oxygens (including phenoxy) is 2. The van der Waals surface area contributed by atoms with Crippen LogP contribution in [0.3, 0.4) is 0 Å². The second kappa shape index (κ2) is 9.20. The zero-order valence-corrected chi connectivity index (χ0v) is 13.0. The molecule has 0 saturated heterocycles. The van der Waals surface area contributed by atoms with E-state index in [-0.39, 0.29) is 5.91 Å². The standard InChI is InChI=1S/C15H25N3O3/c1-18(9-10-20-2)8-4-5-15(19)17-13-11-12(16)6-7-14(13)21-3/h6-7,11H,4-5,8-10,16H2,1-3H3,(H,17,19). The molecule has 0 fully saturated rings. The maximum Gasteiger partial charge on any atom is 0.224 e. The molecule has 0 aliphatic heterocycles. The van der Waals surface area contributed by atoms with E-state index in [0.29, 0.717) is 30.2 Å². The largest absolute Gasteiger partial charge is 0.495 e. The predicted octanol–water partition coefficient (Wildman–Crippen LogP) is 1.57. The van der Waals surface area contributed by atoms with Gasteiger partial charge in [0.2, 0.25) is 5.91 Å². The van der Waals surface area contributed by atoms with Crippen molar-refractivity contribution in [2.24, 2.45) is 0 Å². The summed E-state index contributed by atoms with van der Waals surface area (Å²) < 4.78 is 10.2. The van der Waals surface area contributed by atoms with Gasteiger partial charge in [-0.3, -0.25) is 4.79 Å². The van der Waals surface area contributed by atoms with Crippen LogP contribution in [0.2, 0.25) is 0 Å². The zero-order chi connectivity index (χ0) is 15.7. The minimum atomic E-state index is -0.0426. The zero-order valence-electron chi connectivity index (χ0n) is 13.0. The van der Waals surface area contributed by atoms with E-state index in [1.54, 1.807) is 32.4 Å². The molecule has 0 bridgehead atoms. The van der Waals surface area contributed by atoms with Crippen LogP contribution < -0.4 is 15.8 Å². The molecular formula is C15H25N3O3. The van der Waals surface area contributed by atoms with Gasteiger partial charge in [-0.2, -0.15) is 0 Å². The van der Waals surface area contributed by atoms with Gasteiger partial charge in [0.15, 0.2) is 0 Å². The van der Waals surface area contributed by atoms with Crippen LogP contribution in [0.5, 0.6) is 5.75 Å². The fourth-order valence-electron chi connectivity index (χ4n) is 1.90. The summed E-state index contributed by atoms with van der Waals surface area (Å²) >= 11 is 0. The summed E-state index contributed by atoms with van der Waals surface area (Å²) in [5.41, 5.74) is 6.91. The van der Waals surface area contributed by atoms with E-state index in [0.717, 1.165) is 19.5 Å². The van der Waals surface area contributed by atoms with E-state index in [4.69, 9.17) is 15.2 Å². The van der Waals surface area contributed by atoms with Gasteiger partial charge in [0.05, 0.1) is 19.4 Å². The van der Waals surface area contributed by atoms with E-state index in [1.807, 2.05) is 7.05 Å². The van der Waals surface area contributed by atoms with Gasteiger partial charge in [-0.1, -0.05) is 0 Å². The minimum Gasteiger partial charge on any atom is -0.495 e. The molecule has 0 heterocycles. The number of nitrogen functional groups attached to an aromatic ring is 1. The quantitative estimate of drug-likeness (QED) is 0.676. The number of hydrogen-bond acceptors (Lipinski definition) is 5. The van der Waals surface area contributed by atoms with Crippen molar-refractivity contribution < 1.29 is 14.3 Å². The molecule has 1 rings (SSSR count). The Labute approximate surface area is 126 Å². The monoisotopic (exact) mass is 295 g/mol. The lowest BCUT2D eigenvalue weighted by atomic mass is 10.2. The molecule has 0 atom stereocenters. The molecular weight excluding hydrogens is 270 g/mol. The molecule has 1 aromatic carbocycles. The molecule has 0 aliphatic carbocycles. The van der Waals surface area contributed by atoms with Crippen molar-refractivity contribution in [3.05, 3.63) is 18.2 Å². The van der Waals surface area contributed by atoms with Crippen LogP contribution in [0.25, 0.3) is 0 Å². The topological polar surface area (TPSA) is 76.8 Å². The summed E-state index contributed by atoms with van der Waals surface area (Å²) in [4.78, 5) is 14.1. The predicted molar refractivity (Wildman–Crippen MR) is 84.6 cm³/mol. The van der Waals surface area contributed by atoms with Crippen molar-refractivity contribution in [1.82, 2.24) is 4.90 Å². The first-order valence-corrected chi connectivity index (χ1v) is 6.97. The van der Waals surface area contributed by atoms with Gasteiger partial charge in [0.25, 0.3) is 0 Å². The number of amides is 1. The van der Waals surface area contributed by atoms with Gasteiger partial charge in [0.1, 0.15) is 5.75 Å². The van der Waals surface area contributed by atoms with Crippen LogP contribution in [0, 0.1) is 0 Å². The van der Waals surface area contributed by atoms with Gasteiger partial charge in [-0.05, 0) is 38.2 Å². The fourth-order valence-corrected chi connectivity index (χ4v) is 1.90.